The molecule has 0 aliphatic rings. The third kappa shape index (κ3) is 7.93. The van der Waals surface area contributed by atoms with E-state index >= 15 is 0 Å². The van der Waals surface area contributed by atoms with E-state index in [1.807, 2.05) is 13.8 Å². The monoisotopic (exact) mass is 619 g/mol. The molecule has 11 heteroatoms. The lowest BCUT2D eigenvalue weighted by Gasteiger charge is -2.33. The predicted molar refractivity (Wildman–Crippen MR) is 163 cm³/mol. The van der Waals surface area contributed by atoms with Crippen LogP contribution in [0, 0.1) is 6.92 Å². The molecule has 0 aliphatic carbocycles. The van der Waals surface area contributed by atoms with Crippen molar-refractivity contribution in [3.05, 3.63) is 87.9 Å². The first-order valence-corrected chi connectivity index (χ1v) is 15.5. The number of nitrogens with zero attached hydrogens (tertiary/aromatic N) is 2. The van der Waals surface area contributed by atoms with E-state index in [4.69, 9.17) is 27.9 Å². The summed E-state index contributed by atoms with van der Waals surface area (Å²) < 4.78 is 34.3. The van der Waals surface area contributed by atoms with Crippen molar-refractivity contribution in [1.82, 2.24) is 10.2 Å². The number of anilines is 1. The van der Waals surface area contributed by atoms with Gasteiger partial charge >= 0.3 is 0 Å². The number of ether oxygens (including phenoxy) is 1. The zero-order valence-electron chi connectivity index (χ0n) is 23.6. The summed E-state index contributed by atoms with van der Waals surface area (Å²) in [4.78, 5) is 28.7. The fourth-order valence-electron chi connectivity index (χ4n) is 4.27. The van der Waals surface area contributed by atoms with Crippen LogP contribution in [0.4, 0.5) is 5.69 Å². The lowest BCUT2D eigenvalue weighted by atomic mass is 10.1. The van der Waals surface area contributed by atoms with Gasteiger partial charge in [0.05, 0.1) is 17.7 Å². The van der Waals surface area contributed by atoms with Gasteiger partial charge in [-0.2, -0.15) is 0 Å². The number of carbonyl (C=O) groups excluding carboxylic acids is 2. The summed E-state index contributed by atoms with van der Waals surface area (Å²) in [5.41, 5.74) is 1.58. The molecule has 220 valence electrons. The molecule has 0 bridgehead atoms. The Morgan fingerprint density at radius 3 is 2.20 bits per heavy atom. The molecule has 2 amide bonds. The lowest BCUT2D eigenvalue weighted by Crippen LogP contribution is -2.52. The van der Waals surface area contributed by atoms with Crippen molar-refractivity contribution in [1.29, 1.82) is 0 Å². The summed E-state index contributed by atoms with van der Waals surface area (Å²) >= 11 is 12.9. The number of carbonyl (C=O) groups is 2. The maximum Gasteiger partial charge on any atom is 0.264 e. The molecular formula is C30H35Cl2N3O5S. The number of nitrogens with one attached hydrogen (secondary N) is 1. The van der Waals surface area contributed by atoms with Gasteiger partial charge in [-0.05, 0) is 56.2 Å². The molecule has 1 N–H and O–H groups in total. The molecule has 0 radical (unpaired) electrons. The van der Waals surface area contributed by atoms with Gasteiger partial charge in [-0.1, -0.05) is 66.9 Å². The van der Waals surface area contributed by atoms with Crippen LogP contribution in [0.1, 0.15) is 37.8 Å². The summed E-state index contributed by atoms with van der Waals surface area (Å²) in [6, 6.07) is 16.9. The molecule has 0 saturated heterocycles. The number of halogens is 2. The minimum Gasteiger partial charge on any atom is -0.497 e. The van der Waals surface area contributed by atoms with E-state index in [-0.39, 0.29) is 29.5 Å². The number of sulfonamides is 1. The molecule has 1 atom stereocenters. The quantitative estimate of drug-likeness (QED) is 0.259. The smallest absolute Gasteiger partial charge is 0.264 e. The Bertz CT molecular complexity index is 1440. The zero-order valence-corrected chi connectivity index (χ0v) is 25.9. The van der Waals surface area contributed by atoms with E-state index in [1.54, 1.807) is 61.5 Å². The van der Waals surface area contributed by atoms with Crippen LogP contribution in [0.5, 0.6) is 5.75 Å². The van der Waals surface area contributed by atoms with E-state index < -0.39 is 28.5 Å². The highest BCUT2D eigenvalue weighted by atomic mass is 35.5. The van der Waals surface area contributed by atoms with E-state index in [1.165, 1.54) is 24.1 Å². The molecular weight excluding hydrogens is 585 g/mol. The Morgan fingerprint density at radius 1 is 0.976 bits per heavy atom. The fourth-order valence-corrected chi connectivity index (χ4v) is 6.19. The normalized spacial score (nSPS) is 12.0. The first-order chi connectivity index (χ1) is 19.5. The molecule has 8 nitrogen and oxygen atoms in total. The van der Waals surface area contributed by atoms with Crippen LogP contribution in [-0.2, 0) is 26.2 Å². The molecule has 0 aromatic heterocycles. The highest BCUT2D eigenvalue weighted by Gasteiger charge is 2.34. The van der Waals surface area contributed by atoms with Crippen LogP contribution < -0.4 is 14.4 Å². The second kappa shape index (κ2) is 14.6. The number of rotatable bonds is 13. The van der Waals surface area contributed by atoms with Gasteiger partial charge in [0.2, 0.25) is 11.8 Å². The van der Waals surface area contributed by atoms with Crippen molar-refractivity contribution in [2.75, 3.05) is 24.5 Å². The summed E-state index contributed by atoms with van der Waals surface area (Å²) in [6.07, 6.45) is 0.998. The van der Waals surface area contributed by atoms with Crippen LogP contribution in [0.25, 0.3) is 0 Å². The van der Waals surface area contributed by atoms with Gasteiger partial charge in [-0.15, -0.1) is 0 Å². The van der Waals surface area contributed by atoms with Gasteiger partial charge < -0.3 is 15.0 Å². The van der Waals surface area contributed by atoms with Crippen molar-refractivity contribution in [3.63, 3.8) is 0 Å². The lowest BCUT2D eigenvalue weighted by molar-refractivity contribution is -0.140. The zero-order chi connectivity index (χ0) is 30.2. The molecule has 0 aliphatic heterocycles. The molecule has 3 aromatic carbocycles. The maximum atomic E-state index is 14.1. The summed E-state index contributed by atoms with van der Waals surface area (Å²) in [5, 5.41) is 3.51. The minimum absolute atomic E-state index is 0.0205. The highest BCUT2D eigenvalue weighted by molar-refractivity contribution is 7.92. The molecule has 3 rings (SSSR count). The van der Waals surface area contributed by atoms with Crippen molar-refractivity contribution >= 4 is 50.7 Å². The van der Waals surface area contributed by atoms with E-state index in [9.17, 15) is 18.0 Å². The Labute approximate surface area is 252 Å². The Balaban J connectivity index is 2.11. The third-order valence-corrected chi connectivity index (χ3v) is 9.05. The minimum atomic E-state index is -4.20. The topological polar surface area (TPSA) is 96.0 Å². The fraction of sp³-hybridized carbons (Fsp3) is 0.333. The van der Waals surface area contributed by atoms with Crippen LogP contribution in [0.15, 0.2) is 71.6 Å². The van der Waals surface area contributed by atoms with Gasteiger partial charge in [0.15, 0.2) is 0 Å². The summed E-state index contributed by atoms with van der Waals surface area (Å²) in [7, 11) is -2.73. The third-order valence-electron chi connectivity index (χ3n) is 6.55. The van der Waals surface area contributed by atoms with Crippen LogP contribution in [0.3, 0.4) is 0 Å². The number of amides is 2. The second-order valence-corrected chi connectivity index (χ2v) is 12.1. The molecule has 0 fully saturated rings. The SMILES string of the molecule is CCCNC(=O)[C@H](CC)N(Cc1c(Cl)cccc1Cl)C(=O)CN(c1cccc(OC)c1)S(=O)(=O)c1ccc(C)cc1. The van der Waals surface area contributed by atoms with Crippen LogP contribution >= 0.6 is 23.2 Å². The molecule has 41 heavy (non-hydrogen) atoms. The molecule has 0 spiro atoms. The number of hydrogen-bond donors (Lipinski definition) is 1. The maximum absolute atomic E-state index is 14.1. The van der Waals surface area contributed by atoms with Crippen LogP contribution in [-0.4, -0.2) is 51.4 Å². The van der Waals surface area contributed by atoms with Gasteiger partial charge in [0.1, 0.15) is 18.3 Å². The number of aryl methyl sites for hydroxylation is 1. The van der Waals surface area contributed by atoms with Gasteiger partial charge in [0, 0.05) is 34.8 Å². The average molecular weight is 621 g/mol. The molecule has 0 heterocycles. The van der Waals surface area contributed by atoms with Crippen LogP contribution in [0.2, 0.25) is 10.0 Å². The number of hydrogen-bond acceptors (Lipinski definition) is 5. The Hall–Kier alpha value is -3.27. The Kier molecular flexibility index (Phi) is 11.5. The van der Waals surface area contributed by atoms with E-state index in [0.717, 1.165) is 9.87 Å². The summed E-state index contributed by atoms with van der Waals surface area (Å²) in [5.74, 6) is -0.526. The first-order valence-electron chi connectivity index (χ1n) is 13.3. The van der Waals surface area contributed by atoms with Crippen molar-refractivity contribution in [3.8, 4) is 5.75 Å². The average Bonchev–Trinajstić information content (AvgIpc) is 2.96. The standard InChI is InChI=1S/C30H35Cl2N3O5S/c1-5-17-33-30(37)28(6-2)34(19-25-26(31)11-8-12-27(25)32)29(36)20-35(22-9-7-10-23(18-22)40-4)41(38,39)24-15-13-21(3)14-16-24/h7-16,18,28H,5-6,17,19-20H2,1-4H3,(H,33,37)/t28-/m0/s1. The van der Waals surface area contributed by atoms with Gasteiger partial charge in [-0.3, -0.25) is 13.9 Å². The van der Waals surface area contributed by atoms with Crippen molar-refractivity contribution < 1.29 is 22.7 Å². The predicted octanol–water partition coefficient (Wildman–Crippen LogP) is 5.84. The molecule has 3 aromatic rings. The second-order valence-electron chi connectivity index (χ2n) is 9.46. The molecule has 0 saturated carbocycles. The molecule has 0 unspecified atom stereocenters. The largest absolute Gasteiger partial charge is 0.497 e. The van der Waals surface area contributed by atoms with Gasteiger partial charge in [0.25, 0.3) is 10.0 Å². The number of methoxy groups -OCH3 is 1. The van der Waals surface area contributed by atoms with Crippen molar-refractivity contribution in [2.45, 2.75) is 51.1 Å². The van der Waals surface area contributed by atoms with E-state index in [0.29, 0.717) is 34.3 Å². The van der Waals surface area contributed by atoms with E-state index in [2.05, 4.69) is 5.32 Å². The summed E-state index contributed by atoms with van der Waals surface area (Å²) in [6.45, 7) is 5.33. The van der Waals surface area contributed by atoms with Gasteiger partial charge in [-0.25, -0.2) is 8.42 Å². The first kappa shape index (κ1) is 32.2. The van der Waals surface area contributed by atoms with Crippen molar-refractivity contribution in [2.24, 2.45) is 0 Å². The highest BCUT2D eigenvalue weighted by Crippen LogP contribution is 2.30. The number of benzene rings is 3. The Morgan fingerprint density at radius 2 is 1.61 bits per heavy atom.